The van der Waals surface area contributed by atoms with E-state index in [0.29, 0.717) is 28.3 Å². The Morgan fingerprint density at radius 1 is 1.11 bits per heavy atom. The lowest BCUT2D eigenvalue weighted by Gasteiger charge is -2.16. The van der Waals surface area contributed by atoms with E-state index in [-0.39, 0.29) is 46.7 Å². The van der Waals surface area contributed by atoms with Crippen LogP contribution in [-0.2, 0) is 17.7 Å². The van der Waals surface area contributed by atoms with E-state index in [1.165, 1.54) is 25.3 Å². The summed E-state index contributed by atoms with van der Waals surface area (Å²) in [5, 5.41) is 6.61. The molecule has 2 aromatic carbocycles. The molecule has 4 aromatic rings. The highest BCUT2D eigenvalue weighted by Gasteiger charge is 2.21. The molecule has 3 N–H and O–H groups in total. The van der Waals surface area contributed by atoms with Gasteiger partial charge in [0.05, 0.1) is 18.6 Å². The van der Waals surface area contributed by atoms with E-state index in [4.69, 9.17) is 10.3 Å². The molecule has 0 aliphatic carbocycles. The molecule has 2 aromatic heterocycles. The van der Waals surface area contributed by atoms with E-state index in [1.807, 2.05) is 0 Å². The molecule has 4 rings (SSSR count). The number of nitrogens with two attached hydrogens (primary N) is 1. The molecule has 0 bridgehead atoms. The number of rotatable bonds is 11. The van der Waals surface area contributed by atoms with Gasteiger partial charge in [-0.3, -0.25) is 4.39 Å². The fourth-order valence-electron chi connectivity index (χ4n) is 3.78. The monoisotopic (exact) mass is 543 g/mol. The zero-order chi connectivity index (χ0) is 27.2. The number of nitrogen functional groups attached to an aromatic ring is 1. The predicted octanol–water partition coefficient (Wildman–Crippen LogP) is 5.49. The van der Waals surface area contributed by atoms with Crippen LogP contribution in [0.2, 0.25) is 0 Å². The van der Waals surface area contributed by atoms with Gasteiger partial charge < -0.3 is 20.1 Å². The summed E-state index contributed by atoms with van der Waals surface area (Å²) < 4.78 is 58.3. The van der Waals surface area contributed by atoms with Crippen molar-refractivity contribution < 1.29 is 22.2 Å². The van der Waals surface area contributed by atoms with E-state index in [0.717, 1.165) is 0 Å². The first kappa shape index (κ1) is 27.6. The van der Waals surface area contributed by atoms with E-state index in [2.05, 4.69) is 20.4 Å². The summed E-state index contributed by atoms with van der Waals surface area (Å²) in [6, 6.07) is 13.1. The summed E-state index contributed by atoms with van der Waals surface area (Å²) in [6.07, 6.45) is 0.740. The van der Waals surface area contributed by atoms with Crippen LogP contribution in [-0.4, -0.2) is 44.3 Å². The largest absolute Gasteiger partial charge is 0.611 e. The third-order valence-electron chi connectivity index (χ3n) is 5.87. The number of anilines is 1. The second-order valence-electron chi connectivity index (χ2n) is 8.90. The lowest BCUT2D eigenvalue weighted by Crippen LogP contribution is -2.21. The van der Waals surface area contributed by atoms with Gasteiger partial charge in [-0.15, -0.1) is 0 Å². The molecule has 0 saturated carbocycles. The zero-order valence-electron chi connectivity index (χ0n) is 21.0. The van der Waals surface area contributed by atoms with Gasteiger partial charge >= 0.3 is 0 Å². The Morgan fingerprint density at radius 2 is 1.87 bits per heavy atom. The molecule has 11 heteroatoms. The van der Waals surface area contributed by atoms with Gasteiger partial charge in [-0.05, 0) is 67.0 Å². The molecule has 3 atom stereocenters. The number of nitrogens with one attached hydrogen (secondary N) is 1. The molecule has 0 spiro atoms. The standard InChI is InChI=1S/C27H28F3N5O2S/c1-16(29)13-32-14-18-3-8-21(22(30)11-18)23-12-25(37-35-23)26-27(31)33-15-24(34-26)19-4-6-20(7-5-19)38(36)17(2)9-10-28/h3-8,11-12,15-17,32H,9-10,13-14H2,1-2H3,(H2,31,33). The first-order chi connectivity index (χ1) is 18.3. The van der Waals surface area contributed by atoms with Crippen LogP contribution in [0.15, 0.2) is 64.1 Å². The van der Waals surface area contributed by atoms with Crippen molar-refractivity contribution in [2.75, 3.05) is 19.0 Å². The van der Waals surface area contributed by atoms with Crippen LogP contribution in [0.3, 0.4) is 0 Å². The molecule has 7 nitrogen and oxygen atoms in total. The summed E-state index contributed by atoms with van der Waals surface area (Å²) >= 11 is -1.32. The maximum absolute atomic E-state index is 14.8. The van der Waals surface area contributed by atoms with Crippen LogP contribution >= 0.6 is 0 Å². The number of nitrogens with zero attached hydrogens (tertiary/aromatic N) is 3. The molecule has 0 aliphatic rings. The van der Waals surface area contributed by atoms with Crippen molar-refractivity contribution in [1.82, 2.24) is 20.4 Å². The summed E-state index contributed by atoms with van der Waals surface area (Å²) in [7, 11) is 0. The maximum Gasteiger partial charge on any atom is 0.189 e. The molecule has 0 amide bonds. The predicted molar refractivity (Wildman–Crippen MR) is 142 cm³/mol. The number of halogens is 3. The smallest absolute Gasteiger partial charge is 0.189 e. The Bertz CT molecular complexity index is 1370. The number of hydrogen-bond acceptors (Lipinski definition) is 7. The molecule has 2 heterocycles. The Hall–Kier alpha value is -3.41. The van der Waals surface area contributed by atoms with Crippen molar-refractivity contribution in [3.05, 3.63) is 66.1 Å². The van der Waals surface area contributed by atoms with Crippen LogP contribution in [0, 0.1) is 5.82 Å². The topological polar surface area (TPSA) is 113 Å². The zero-order valence-corrected chi connectivity index (χ0v) is 21.8. The number of alkyl halides is 2. The van der Waals surface area contributed by atoms with Crippen LogP contribution in [0.1, 0.15) is 25.8 Å². The van der Waals surface area contributed by atoms with Crippen LogP contribution in [0.25, 0.3) is 34.0 Å². The highest BCUT2D eigenvalue weighted by molar-refractivity contribution is 7.92. The molecule has 0 radical (unpaired) electrons. The Kier molecular flexibility index (Phi) is 9.03. The molecule has 0 saturated heterocycles. The van der Waals surface area contributed by atoms with Gasteiger partial charge in [-0.1, -0.05) is 11.2 Å². The van der Waals surface area contributed by atoms with Gasteiger partial charge in [-0.25, -0.2) is 18.7 Å². The van der Waals surface area contributed by atoms with Crippen LogP contribution < -0.4 is 11.1 Å². The first-order valence-electron chi connectivity index (χ1n) is 12.1. The average Bonchev–Trinajstić information content (AvgIpc) is 3.38. The third kappa shape index (κ3) is 6.53. The number of benzene rings is 2. The second kappa shape index (κ2) is 12.4. The van der Waals surface area contributed by atoms with Crippen LogP contribution in [0.5, 0.6) is 0 Å². The SMILES string of the molecule is CC(F)CNCc1ccc(-c2cc(-c3nc(-c4ccc([S+]([O-])C(C)CCF)cc4)cnc3N)on2)c(F)c1. The molecular weight excluding hydrogens is 515 g/mol. The first-order valence-corrected chi connectivity index (χ1v) is 13.3. The summed E-state index contributed by atoms with van der Waals surface area (Å²) in [5.74, 6) is -0.173. The second-order valence-corrected chi connectivity index (χ2v) is 10.8. The minimum absolute atomic E-state index is 0.109. The van der Waals surface area contributed by atoms with Gasteiger partial charge in [0.2, 0.25) is 0 Å². The van der Waals surface area contributed by atoms with Gasteiger partial charge in [0, 0.05) is 36.7 Å². The molecule has 0 aliphatic heterocycles. The fraction of sp³-hybridized carbons (Fsp3) is 0.296. The van der Waals surface area contributed by atoms with Gasteiger partial charge in [-0.2, -0.15) is 0 Å². The summed E-state index contributed by atoms with van der Waals surface area (Å²) in [4.78, 5) is 9.37. The fourth-order valence-corrected chi connectivity index (χ4v) is 4.95. The van der Waals surface area contributed by atoms with Crippen molar-refractivity contribution in [2.24, 2.45) is 0 Å². The Balaban J connectivity index is 1.54. The van der Waals surface area contributed by atoms with Crippen molar-refractivity contribution in [1.29, 1.82) is 0 Å². The van der Waals surface area contributed by atoms with Gasteiger partial charge in [0.25, 0.3) is 0 Å². The minimum atomic E-state index is -1.32. The van der Waals surface area contributed by atoms with Crippen molar-refractivity contribution >= 4 is 17.0 Å². The lowest BCUT2D eigenvalue weighted by molar-refractivity contribution is 0.344. The van der Waals surface area contributed by atoms with Crippen LogP contribution in [0.4, 0.5) is 19.0 Å². The highest BCUT2D eigenvalue weighted by atomic mass is 32.2. The molecule has 38 heavy (non-hydrogen) atoms. The van der Waals surface area contributed by atoms with E-state index >= 15 is 0 Å². The van der Waals surface area contributed by atoms with Crippen molar-refractivity contribution in [2.45, 2.75) is 43.1 Å². The van der Waals surface area contributed by atoms with Crippen molar-refractivity contribution in [3.8, 4) is 34.0 Å². The summed E-state index contributed by atoms with van der Waals surface area (Å²) in [5.41, 5.74) is 8.65. The minimum Gasteiger partial charge on any atom is -0.611 e. The van der Waals surface area contributed by atoms with E-state index in [1.54, 1.807) is 43.3 Å². The van der Waals surface area contributed by atoms with Gasteiger partial charge in [0.15, 0.2) is 22.2 Å². The molecule has 0 fully saturated rings. The third-order valence-corrected chi connectivity index (χ3v) is 7.58. The van der Waals surface area contributed by atoms with Gasteiger partial charge in [0.1, 0.15) is 22.9 Å². The van der Waals surface area contributed by atoms with E-state index < -0.39 is 29.8 Å². The molecule has 200 valence electrons. The Morgan fingerprint density at radius 3 is 2.55 bits per heavy atom. The molecule has 3 unspecified atom stereocenters. The molecular formula is C27H28F3N5O2S. The normalized spacial score (nSPS) is 13.8. The number of hydrogen-bond donors (Lipinski definition) is 2. The quantitative estimate of drug-likeness (QED) is 0.241. The van der Waals surface area contributed by atoms with Crippen molar-refractivity contribution in [3.63, 3.8) is 0 Å². The Labute approximate surface area is 221 Å². The maximum atomic E-state index is 14.8. The summed E-state index contributed by atoms with van der Waals surface area (Å²) in [6.45, 7) is 3.20. The average molecular weight is 544 g/mol. The number of aromatic nitrogens is 3. The highest BCUT2D eigenvalue weighted by Crippen LogP contribution is 2.31. The van der Waals surface area contributed by atoms with E-state index in [9.17, 15) is 17.7 Å². The lowest BCUT2D eigenvalue weighted by atomic mass is 10.1.